The molecular formula is C19H26N2O5. The van der Waals surface area contributed by atoms with Crippen molar-refractivity contribution in [1.82, 2.24) is 9.80 Å². The Bertz CT molecular complexity index is 651. The molecule has 0 spiro atoms. The molecule has 0 atom stereocenters. The molecule has 7 nitrogen and oxygen atoms in total. The molecule has 2 amide bonds. The minimum atomic E-state index is -0.456. The van der Waals surface area contributed by atoms with Gasteiger partial charge >= 0.3 is 5.97 Å². The van der Waals surface area contributed by atoms with E-state index in [1.807, 2.05) is 32.0 Å². The van der Waals surface area contributed by atoms with E-state index in [0.717, 1.165) is 5.56 Å². The molecule has 0 radical (unpaired) electrons. The Balaban J connectivity index is 1.76. The molecule has 0 N–H and O–H groups in total. The zero-order valence-electron chi connectivity index (χ0n) is 15.6. The average Bonchev–Trinajstić information content (AvgIpc) is 2.59. The van der Waals surface area contributed by atoms with E-state index in [2.05, 4.69) is 0 Å². The number of esters is 1. The molecule has 1 heterocycles. The highest BCUT2D eigenvalue weighted by molar-refractivity contribution is 5.81. The number of hydrogen-bond acceptors (Lipinski definition) is 5. The zero-order valence-corrected chi connectivity index (χ0v) is 15.6. The van der Waals surface area contributed by atoms with Crippen molar-refractivity contribution in [1.29, 1.82) is 0 Å². The Kier molecular flexibility index (Phi) is 7.00. The normalized spacial score (nSPS) is 14.3. The highest BCUT2D eigenvalue weighted by Crippen LogP contribution is 2.15. The second-order valence-corrected chi connectivity index (χ2v) is 6.54. The summed E-state index contributed by atoms with van der Waals surface area (Å²) in [5.41, 5.74) is 0.774. The van der Waals surface area contributed by atoms with E-state index in [-0.39, 0.29) is 30.9 Å². The molecule has 2 rings (SSSR count). The summed E-state index contributed by atoms with van der Waals surface area (Å²) in [7, 11) is 0. The Morgan fingerprint density at radius 1 is 1.08 bits per heavy atom. The standard InChI is InChI=1S/C19H26N2O5/c1-14(2)26-17-6-4-5-16(11-17)12-19(24)25-13-18(23)21-9-7-20(8-10-21)15(3)22/h4-6,11,14H,7-10,12-13H2,1-3H3. The fourth-order valence-electron chi connectivity index (χ4n) is 2.72. The van der Waals surface area contributed by atoms with Crippen molar-refractivity contribution in [3.05, 3.63) is 29.8 Å². The molecule has 1 fully saturated rings. The van der Waals surface area contributed by atoms with E-state index in [1.165, 1.54) is 6.92 Å². The molecule has 7 heteroatoms. The first-order valence-electron chi connectivity index (χ1n) is 8.79. The lowest BCUT2D eigenvalue weighted by molar-refractivity contribution is -0.152. The molecule has 0 aromatic heterocycles. The maximum Gasteiger partial charge on any atom is 0.310 e. The third-order valence-corrected chi connectivity index (χ3v) is 4.05. The van der Waals surface area contributed by atoms with E-state index in [4.69, 9.17) is 9.47 Å². The van der Waals surface area contributed by atoms with Crippen molar-refractivity contribution >= 4 is 17.8 Å². The number of benzene rings is 1. The third kappa shape index (κ3) is 6.06. The van der Waals surface area contributed by atoms with Crippen molar-refractivity contribution in [3.63, 3.8) is 0 Å². The molecule has 142 valence electrons. The lowest BCUT2D eigenvalue weighted by Crippen LogP contribution is -2.51. The smallest absolute Gasteiger partial charge is 0.310 e. The fourth-order valence-corrected chi connectivity index (χ4v) is 2.72. The van der Waals surface area contributed by atoms with Gasteiger partial charge in [0.15, 0.2) is 6.61 Å². The van der Waals surface area contributed by atoms with Gasteiger partial charge in [0.05, 0.1) is 12.5 Å². The Morgan fingerprint density at radius 3 is 2.35 bits per heavy atom. The summed E-state index contributed by atoms with van der Waals surface area (Å²) < 4.78 is 10.7. The number of amides is 2. The molecule has 1 aromatic carbocycles. The molecule has 0 aliphatic carbocycles. The first-order valence-corrected chi connectivity index (χ1v) is 8.79. The molecular weight excluding hydrogens is 336 g/mol. The van der Waals surface area contributed by atoms with Gasteiger partial charge in [0.2, 0.25) is 5.91 Å². The summed E-state index contributed by atoms with van der Waals surface area (Å²) in [6.45, 7) is 7.05. The summed E-state index contributed by atoms with van der Waals surface area (Å²) >= 11 is 0. The average molecular weight is 362 g/mol. The summed E-state index contributed by atoms with van der Waals surface area (Å²) in [6.07, 6.45) is 0.138. The first-order chi connectivity index (χ1) is 12.3. The van der Waals surface area contributed by atoms with Crippen molar-refractivity contribution in [2.45, 2.75) is 33.3 Å². The van der Waals surface area contributed by atoms with Gasteiger partial charge < -0.3 is 19.3 Å². The van der Waals surface area contributed by atoms with Crippen LogP contribution in [0.25, 0.3) is 0 Å². The van der Waals surface area contributed by atoms with E-state index in [0.29, 0.717) is 31.9 Å². The maximum atomic E-state index is 12.1. The Hall–Kier alpha value is -2.57. The number of carbonyl (C=O) groups excluding carboxylic acids is 3. The van der Waals surface area contributed by atoms with Crippen LogP contribution in [0.1, 0.15) is 26.3 Å². The van der Waals surface area contributed by atoms with E-state index >= 15 is 0 Å². The van der Waals surface area contributed by atoms with E-state index in [1.54, 1.807) is 15.9 Å². The number of rotatable bonds is 6. The van der Waals surface area contributed by atoms with Crippen LogP contribution in [0, 0.1) is 0 Å². The van der Waals surface area contributed by atoms with Crippen LogP contribution >= 0.6 is 0 Å². The SMILES string of the molecule is CC(=O)N1CCN(C(=O)COC(=O)Cc2cccc(OC(C)C)c2)CC1. The first kappa shape index (κ1) is 19.8. The minimum absolute atomic E-state index is 0.00667. The van der Waals surface area contributed by atoms with Gasteiger partial charge in [-0.1, -0.05) is 12.1 Å². The topological polar surface area (TPSA) is 76.2 Å². The lowest BCUT2D eigenvalue weighted by Gasteiger charge is -2.34. The molecule has 1 aliphatic rings. The largest absolute Gasteiger partial charge is 0.491 e. The second-order valence-electron chi connectivity index (χ2n) is 6.54. The molecule has 1 aliphatic heterocycles. The van der Waals surface area contributed by atoms with Crippen molar-refractivity contribution in [3.8, 4) is 5.75 Å². The molecule has 26 heavy (non-hydrogen) atoms. The van der Waals surface area contributed by atoms with Crippen LogP contribution in [0.5, 0.6) is 5.75 Å². The number of nitrogens with zero attached hydrogens (tertiary/aromatic N) is 2. The van der Waals surface area contributed by atoms with Gasteiger partial charge in [-0.2, -0.15) is 0 Å². The molecule has 1 aromatic rings. The molecule has 0 unspecified atom stereocenters. The van der Waals surface area contributed by atoms with E-state index < -0.39 is 5.97 Å². The Labute approximate surface area is 153 Å². The summed E-state index contributed by atoms with van der Waals surface area (Å²) in [5.74, 6) is 0.0118. The predicted octanol–water partition coefficient (Wildman–Crippen LogP) is 1.25. The van der Waals surface area contributed by atoms with Crippen LogP contribution in [-0.4, -0.2) is 66.5 Å². The number of piperazine rings is 1. The number of carbonyl (C=O) groups is 3. The predicted molar refractivity (Wildman–Crippen MR) is 95.7 cm³/mol. The van der Waals surface area contributed by atoms with Gasteiger partial charge in [0.1, 0.15) is 5.75 Å². The van der Waals surface area contributed by atoms with Gasteiger partial charge in [-0.25, -0.2) is 0 Å². The van der Waals surface area contributed by atoms with Crippen LogP contribution in [0.15, 0.2) is 24.3 Å². The summed E-state index contributed by atoms with van der Waals surface area (Å²) in [5, 5.41) is 0. The Morgan fingerprint density at radius 2 is 1.73 bits per heavy atom. The quantitative estimate of drug-likeness (QED) is 0.712. The highest BCUT2D eigenvalue weighted by atomic mass is 16.5. The summed E-state index contributed by atoms with van der Waals surface area (Å²) in [4.78, 5) is 38.7. The lowest BCUT2D eigenvalue weighted by atomic mass is 10.1. The fraction of sp³-hybridized carbons (Fsp3) is 0.526. The highest BCUT2D eigenvalue weighted by Gasteiger charge is 2.23. The van der Waals surface area contributed by atoms with Gasteiger partial charge in [0.25, 0.3) is 5.91 Å². The van der Waals surface area contributed by atoms with Crippen LogP contribution < -0.4 is 4.74 Å². The van der Waals surface area contributed by atoms with Crippen molar-refractivity contribution in [2.24, 2.45) is 0 Å². The van der Waals surface area contributed by atoms with Crippen LogP contribution in [-0.2, 0) is 25.5 Å². The second kappa shape index (κ2) is 9.22. The molecule has 1 saturated heterocycles. The number of ether oxygens (including phenoxy) is 2. The monoisotopic (exact) mass is 362 g/mol. The third-order valence-electron chi connectivity index (χ3n) is 4.05. The van der Waals surface area contributed by atoms with Gasteiger partial charge in [-0.05, 0) is 31.5 Å². The minimum Gasteiger partial charge on any atom is -0.491 e. The van der Waals surface area contributed by atoms with Crippen molar-refractivity contribution < 1.29 is 23.9 Å². The van der Waals surface area contributed by atoms with Crippen LogP contribution in [0.4, 0.5) is 0 Å². The van der Waals surface area contributed by atoms with Gasteiger partial charge in [0, 0.05) is 33.1 Å². The maximum absolute atomic E-state index is 12.1. The van der Waals surface area contributed by atoms with Crippen LogP contribution in [0.2, 0.25) is 0 Å². The molecule has 0 saturated carbocycles. The van der Waals surface area contributed by atoms with E-state index in [9.17, 15) is 14.4 Å². The summed E-state index contributed by atoms with van der Waals surface area (Å²) in [6, 6.07) is 7.26. The van der Waals surface area contributed by atoms with Gasteiger partial charge in [-0.15, -0.1) is 0 Å². The number of hydrogen-bond donors (Lipinski definition) is 0. The van der Waals surface area contributed by atoms with Gasteiger partial charge in [-0.3, -0.25) is 14.4 Å². The van der Waals surface area contributed by atoms with Crippen LogP contribution in [0.3, 0.4) is 0 Å². The zero-order chi connectivity index (χ0) is 19.1. The van der Waals surface area contributed by atoms with Crippen molar-refractivity contribution in [2.75, 3.05) is 32.8 Å². The molecule has 0 bridgehead atoms.